The highest BCUT2D eigenvalue weighted by molar-refractivity contribution is 5.89. The van der Waals surface area contributed by atoms with Gasteiger partial charge in [-0.05, 0) is 6.92 Å². The van der Waals surface area contributed by atoms with Crippen LogP contribution in [0, 0.1) is 0 Å². The third-order valence-corrected chi connectivity index (χ3v) is 2.09. The number of halogens is 8. The number of alkyl halides is 8. The van der Waals surface area contributed by atoms with Crippen molar-refractivity contribution < 1.29 is 49.8 Å². The van der Waals surface area contributed by atoms with Gasteiger partial charge in [0.05, 0.1) is 0 Å². The highest BCUT2D eigenvalue weighted by Gasteiger charge is 2.59. The molecule has 0 aliphatic carbocycles. The predicted octanol–water partition coefficient (Wildman–Crippen LogP) is 2.60. The zero-order chi connectivity index (χ0) is 16.5. The van der Waals surface area contributed by atoms with Crippen LogP contribution in [0.5, 0.6) is 0 Å². The normalized spacial score (nSPS) is 16.5. The number of aliphatic hydroxyl groups excluding tert-OH is 1. The molecule has 0 bridgehead atoms. The Bertz CT molecular complexity index is 384. The Morgan fingerprint density at radius 3 is 1.80 bits per heavy atom. The van der Waals surface area contributed by atoms with Gasteiger partial charge < -0.3 is 9.84 Å². The van der Waals surface area contributed by atoms with E-state index in [-0.39, 0.29) is 6.92 Å². The van der Waals surface area contributed by atoms with E-state index in [1.54, 1.807) is 0 Å². The molecule has 0 aliphatic rings. The zero-order valence-corrected chi connectivity index (χ0v) is 9.65. The minimum absolute atomic E-state index is 0.205. The van der Waals surface area contributed by atoms with Crippen molar-refractivity contribution in [3.8, 4) is 0 Å². The lowest BCUT2D eigenvalue weighted by atomic mass is 10.1. The van der Waals surface area contributed by atoms with Crippen molar-refractivity contribution in [2.75, 3.05) is 0 Å². The van der Waals surface area contributed by atoms with E-state index in [0.717, 1.165) is 0 Å². The number of esters is 1. The molecule has 0 saturated heterocycles. The van der Waals surface area contributed by atoms with Crippen molar-refractivity contribution in [1.82, 2.24) is 0 Å². The summed E-state index contributed by atoms with van der Waals surface area (Å²) < 4.78 is 101. The minimum atomic E-state index is -5.74. The average molecular weight is 316 g/mol. The molecule has 0 saturated carbocycles. The van der Waals surface area contributed by atoms with Crippen LogP contribution < -0.4 is 0 Å². The van der Waals surface area contributed by atoms with Gasteiger partial charge in [0, 0.05) is 0 Å². The van der Waals surface area contributed by atoms with E-state index in [4.69, 9.17) is 5.11 Å². The molecule has 2 unspecified atom stereocenters. The van der Waals surface area contributed by atoms with Gasteiger partial charge >= 0.3 is 24.2 Å². The first kappa shape index (κ1) is 18.6. The summed E-state index contributed by atoms with van der Waals surface area (Å²) in [6.45, 7) is 2.43. The Hall–Kier alpha value is -1.39. The smallest absolute Gasteiger partial charge is 0.422 e. The molecule has 0 radical (unpaired) electrons. The van der Waals surface area contributed by atoms with Gasteiger partial charge in [-0.15, -0.1) is 0 Å². The first-order chi connectivity index (χ1) is 8.61. The highest BCUT2D eigenvalue weighted by Crippen LogP contribution is 2.36. The standard InChI is InChI=1S/C9H8F8O3/c1-3(8(12,13)14)5(18)20-4(2)7(10,11)6(19)9(15,16)17/h4,6,19H,1H2,2H3. The second kappa shape index (κ2) is 5.54. The number of carbonyl (C=O) groups is 1. The van der Waals surface area contributed by atoms with Crippen molar-refractivity contribution in [2.24, 2.45) is 0 Å². The van der Waals surface area contributed by atoms with Crippen LogP contribution in [-0.2, 0) is 9.53 Å². The summed E-state index contributed by atoms with van der Waals surface area (Å²) in [5.74, 6) is -7.39. The van der Waals surface area contributed by atoms with Crippen LogP contribution in [-0.4, -0.2) is 41.6 Å². The number of carbonyl (C=O) groups excluding carboxylic acids is 1. The molecule has 1 N–H and O–H groups in total. The Labute approximate surface area is 106 Å². The summed E-state index contributed by atoms with van der Waals surface area (Å²) in [5, 5.41) is 8.38. The lowest BCUT2D eigenvalue weighted by Gasteiger charge is -2.29. The fourth-order valence-electron chi connectivity index (χ4n) is 0.867. The molecule has 20 heavy (non-hydrogen) atoms. The lowest BCUT2D eigenvalue weighted by Crippen LogP contribution is -2.52. The Kier molecular flexibility index (Phi) is 5.16. The van der Waals surface area contributed by atoms with E-state index in [9.17, 15) is 39.9 Å². The first-order valence-corrected chi connectivity index (χ1v) is 4.71. The summed E-state index contributed by atoms with van der Waals surface area (Å²) in [6, 6.07) is 0. The van der Waals surface area contributed by atoms with Crippen LogP contribution in [0.3, 0.4) is 0 Å². The summed E-state index contributed by atoms with van der Waals surface area (Å²) in [6.07, 6.45) is -18.2. The van der Waals surface area contributed by atoms with E-state index < -0.39 is 42.0 Å². The van der Waals surface area contributed by atoms with Crippen LogP contribution in [0.25, 0.3) is 0 Å². The van der Waals surface area contributed by atoms with Gasteiger partial charge in [0.2, 0.25) is 6.10 Å². The molecule has 0 fully saturated rings. The van der Waals surface area contributed by atoms with Crippen molar-refractivity contribution in [3.05, 3.63) is 12.2 Å². The molecule has 0 spiro atoms. The average Bonchev–Trinajstić information content (AvgIpc) is 2.23. The highest BCUT2D eigenvalue weighted by atomic mass is 19.4. The first-order valence-electron chi connectivity index (χ1n) is 4.71. The van der Waals surface area contributed by atoms with E-state index in [1.807, 2.05) is 0 Å². The van der Waals surface area contributed by atoms with Gasteiger partial charge in [0.15, 0.2) is 6.10 Å². The van der Waals surface area contributed by atoms with Crippen LogP contribution >= 0.6 is 0 Å². The number of ether oxygens (including phenoxy) is 1. The van der Waals surface area contributed by atoms with Gasteiger partial charge in [-0.1, -0.05) is 6.58 Å². The third-order valence-electron chi connectivity index (χ3n) is 2.09. The fourth-order valence-corrected chi connectivity index (χ4v) is 0.867. The molecule has 0 heterocycles. The summed E-state index contributed by atoms with van der Waals surface area (Å²) in [4.78, 5) is 10.8. The van der Waals surface area contributed by atoms with Crippen LogP contribution in [0.4, 0.5) is 35.1 Å². The second-order valence-electron chi connectivity index (χ2n) is 3.64. The van der Waals surface area contributed by atoms with Gasteiger partial charge in [-0.25, -0.2) is 4.79 Å². The van der Waals surface area contributed by atoms with Gasteiger partial charge in [0.1, 0.15) is 5.57 Å². The zero-order valence-electron chi connectivity index (χ0n) is 9.65. The van der Waals surface area contributed by atoms with Crippen molar-refractivity contribution >= 4 is 5.97 Å². The topological polar surface area (TPSA) is 46.5 Å². The Morgan fingerprint density at radius 2 is 1.50 bits per heavy atom. The van der Waals surface area contributed by atoms with Gasteiger partial charge in [0.25, 0.3) is 0 Å². The number of hydrogen-bond donors (Lipinski definition) is 1. The molecule has 0 aromatic carbocycles. The van der Waals surface area contributed by atoms with Gasteiger partial charge in [-0.3, -0.25) is 0 Å². The number of rotatable bonds is 4. The molecule has 0 aromatic rings. The van der Waals surface area contributed by atoms with Crippen molar-refractivity contribution in [1.29, 1.82) is 0 Å². The monoisotopic (exact) mass is 316 g/mol. The molecule has 0 amide bonds. The SMILES string of the molecule is C=C(C(=O)OC(C)C(F)(F)C(O)C(F)(F)F)C(F)(F)F. The second-order valence-corrected chi connectivity index (χ2v) is 3.64. The molecular formula is C9H8F8O3. The van der Waals surface area contributed by atoms with Crippen LogP contribution in [0.2, 0.25) is 0 Å². The maximum absolute atomic E-state index is 13.1. The van der Waals surface area contributed by atoms with Gasteiger partial charge in [-0.2, -0.15) is 35.1 Å². The van der Waals surface area contributed by atoms with E-state index in [2.05, 4.69) is 11.3 Å². The lowest BCUT2D eigenvalue weighted by molar-refractivity contribution is -0.290. The van der Waals surface area contributed by atoms with E-state index in [1.165, 1.54) is 0 Å². The molecule has 0 rings (SSSR count). The largest absolute Gasteiger partial charge is 0.453 e. The molecule has 3 nitrogen and oxygen atoms in total. The molecule has 2 atom stereocenters. The third kappa shape index (κ3) is 4.32. The number of hydrogen-bond acceptors (Lipinski definition) is 3. The van der Waals surface area contributed by atoms with E-state index >= 15 is 0 Å². The maximum Gasteiger partial charge on any atom is 0.422 e. The molecular weight excluding hydrogens is 308 g/mol. The number of aliphatic hydroxyl groups is 1. The molecule has 0 aliphatic heterocycles. The van der Waals surface area contributed by atoms with Crippen LogP contribution in [0.1, 0.15) is 6.92 Å². The van der Waals surface area contributed by atoms with Crippen LogP contribution in [0.15, 0.2) is 12.2 Å². The van der Waals surface area contributed by atoms with Crippen molar-refractivity contribution in [3.63, 3.8) is 0 Å². The molecule has 0 aromatic heterocycles. The summed E-state index contributed by atoms with van der Waals surface area (Å²) in [7, 11) is 0. The Balaban J connectivity index is 4.98. The molecule has 11 heteroatoms. The minimum Gasteiger partial charge on any atom is -0.453 e. The maximum atomic E-state index is 13.1. The van der Waals surface area contributed by atoms with E-state index in [0.29, 0.717) is 0 Å². The molecule has 118 valence electrons. The summed E-state index contributed by atoms with van der Waals surface area (Å²) in [5.41, 5.74) is -2.17. The quantitative estimate of drug-likeness (QED) is 0.493. The predicted molar refractivity (Wildman–Crippen MR) is 47.8 cm³/mol. The summed E-state index contributed by atoms with van der Waals surface area (Å²) >= 11 is 0. The fraction of sp³-hybridized carbons (Fsp3) is 0.667. The Morgan fingerprint density at radius 1 is 1.10 bits per heavy atom. The van der Waals surface area contributed by atoms with Crippen molar-refractivity contribution in [2.45, 2.75) is 37.4 Å².